The van der Waals surface area contributed by atoms with E-state index in [2.05, 4.69) is 0 Å². The standard InChI is InChI=1S/C18H22F2N2O3/c1-10(23)15-13(19)5-11(6-14(15)20)22-8-12-7-18(22,17(2,3)4)9-21(12)16(24)25/h5-6,12H,7-9H2,1-4H3,(H,24,25)/t12-,18?/m0/s1. The van der Waals surface area contributed by atoms with Crippen LogP contribution in [0.2, 0.25) is 0 Å². The molecule has 0 aromatic heterocycles. The minimum Gasteiger partial charge on any atom is -0.465 e. The van der Waals surface area contributed by atoms with Crippen molar-refractivity contribution in [3.8, 4) is 0 Å². The summed E-state index contributed by atoms with van der Waals surface area (Å²) < 4.78 is 28.6. The molecule has 2 atom stereocenters. The van der Waals surface area contributed by atoms with Gasteiger partial charge in [0, 0.05) is 18.8 Å². The molecule has 7 heteroatoms. The molecule has 1 amide bonds. The van der Waals surface area contributed by atoms with Crippen LogP contribution in [0.25, 0.3) is 0 Å². The van der Waals surface area contributed by atoms with Gasteiger partial charge in [-0.15, -0.1) is 0 Å². The maximum absolute atomic E-state index is 14.3. The molecule has 136 valence electrons. The fourth-order valence-corrected chi connectivity index (χ4v) is 4.30. The van der Waals surface area contributed by atoms with E-state index in [4.69, 9.17) is 0 Å². The number of rotatable bonds is 2. The van der Waals surface area contributed by atoms with Crippen molar-refractivity contribution in [1.29, 1.82) is 0 Å². The number of fused-ring (bicyclic) bond motifs is 2. The van der Waals surface area contributed by atoms with Crippen molar-refractivity contribution in [3.63, 3.8) is 0 Å². The number of hydrogen-bond donors (Lipinski definition) is 1. The fourth-order valence-electron chi connectivity index (χ4n) is 4.30. The first-order valence-electron chi connectivity index (χ1n) is 8.25. The second-order valence-corrected chi connectivity index (χ2v) is 8.00. The number of piperazine rings is 1. The molecule has 2 fully saturated rings. The predicted molar refractivity (Wildman–Crippen MR) is 89.0 cm³/mol. The summed E-state index contributed by atoms with van der Waals surface area (Å²) >= 11 is 0. The Kier molecular flexibility index (Phi) is 3.82. The van der Waals surface area contributed by atoms with Gasteiger partial charge in [-0.05, 0) is 30.9 Å². The van der Waals surface area contributed by atoms with Crippen molar-refractivity contribution in [1.82, 2.24) is 4.90 Å². The molecule has 2 saturated heterocycles. The van der Waals surface area contributed by atoms with E-state index in [1.54, 1.807) is 0 Å². The molecule has 2 heterocycles. The lowest BCUT2D eigenvalue weighted by molar-refractivity contribution is 0.100. The molecular weight excluding hydrogens is 330 g/mol. The average molecular weight is 352 g/mol. The number of likely N-dealkylation sites (tertiary alicyclic amines) is 1. The van der Waals surface area contributed by atoms with Crippen molar-refractivity contribution >= 4 is 17.6 Å². The van der Waals surface area contributed by atoms with Gasteiger partial charge in [0.05, 0.1) is 17.1 Å². The average Bonchev–Trinajstić information content (AvgIpc) is 3.02. The second-order valence-electron chi connectivity index (χ2n) is 8.00. The number of anilines is 1. The number of carbonyl (C=O) groups is 2. The van der Waals surface area contributed by atoms with Gasteiger partial charge in [-0.3, -0.25) is 4.79 Å². The van der Waals surface area contributed by atoms with E-state index >= 15 is 0 Å². The van der Waals surface area contributed by atoms with Crippen LogP contribution in [-0.2, 0) is 0 Å². The van der Waals surface area contributed by atoms with E-state index in [0.717, 1.165) is 6.92 Å². The van der Waals surface area contributed by atoms with Crippen LogP contribution in [0.15, 0.2) is 12.1 Å². The first kappa shape index (κ1) is 17.6. The van der Waals surface area contributed by atoms with Crippen LogP contribution in [-0.4, -0.2) is 46.6 Å². The maximum atomic E-state index is 14.3. The Morgan fingerprint density at radius 3 is 2.24 bits per heavy atom. The van der Waals surface area contributed by atoms with E-state index in [1.807, 2.05) is 25.7 Å². The molecule has 25 heavy (non-hydrogen) atoms. The minimum absolute atomic E-state index is 0.213. The molecule has 0 radical (unpaired) electrons. The molecule has 0 aliphatic carbocycles. The summed E-state index contributed by atoms with van der Waals surface area (Å²) in [5.74, 6) is -2.43. The van der Waals surface area contributed by atoms with Gasteiger partial charge in [-0.2, -0.15) is 0 Å². The molecule has 3 rings (SSSR count). The molecule has 1 aromatic carbocycles. The third-order valence-corrected chi connectivity index (χ3v) is 5.69. The third kappa shape index (κ3) is 2.48. The highest BCUT2D eigenvalue weighted by molar-refractivity contribution is 5.95. The lowest BCUT2D eigenvalue weighted by atomic mass is 9.72. The smallest absolute Gasteiger partial charge is 0.407 e. The van der Waals surface area contributed by atoms with E-state index in [9.17, 15) is 23.5 Å². The summed E-state index contributed by atoms with van der Waals surface area (Å²) in [5.41, 5.74) is -1.04. The van der Waals surface area contributed by atoms with E-state index in [1.165, 1.54) is 17.0 Å². The van der Waals surface area contributed by atoms with Crippen molar-refractivity contribution < 1.29 is 23.5 Å². The zero-order valence-corrected chi connectivity index (χ0v) is 14.8. The summed E-state index contributed by atoms with van der Waals surface area (Å²) in [6, 6.07) is 2.15. The molecule has 1 unspecified atom stereocenters. The normalized spacial score (nSPS) is 25.6. The summed E-state index contributed by atoms with van der Waals surface area (Å²) in [4.78, 5) is 26.2. The van der Waals surface area contributed by atoms with Gasteiger partial charge in [-0.1, -0.05) is 20.8 Å². The largest absolute Gasteiger partial charge is 0.465 e. The van der Waals surface area contributed by atoms with Crippen molar-refractivity contribution in [2.45, 2.75) is 45.7 Å². The summed E-state index contributed by atoms with van der Waals surface area (Å²) in [7, 11) is 0. The molecule has 0 spiro atoms. The van der Waals surface area contributed by atoms with Crippen LogP contribution in [0, 0.1) is 17.0 Å². The predicted octanol–water partition coefficient (Wildman–Crippen LogP) is 3.52. The molecule has 1 N–H and O–H groups in total. The Morgan fingerprint density at radius 1 is 1.24 bits per heavy atom. The lowest BCUT2D eigenvalue weighted by Crippen LogP contribution is -2.61. The number of benzene rings is 1. The number of ketones is 1. The van der Waals surface area contributed by atoms with Crippen LogP contribution < -0.4 is 4.90 Å². The highest BCUT2D eigenvalue weighted by Crippen LogP contribution is 2.52. The lowest BCUT2D eigenvalue weighted by Gasteiger charge is -2.50. The second kappa shape index (κ2) is 5.41. The molecule has 2 aliphatic heterocycles. The van der Waals surface area contributed by atoms with Crippen LogP contribution in [0.1, 0.15) is 44.5 Å². The Bertz CT molecular complexity index is 736. The van der Waals surface area contributed by atoms with Gasteiger partial charge in [0.15, 0.2) is 5.78 Å². The fraction of sp³-hybridized carbons (Fsp3) is 0.556. The van der Waals surface area contributed by atoms with Crippen molar-refractivity contribution in [2.24, 2.45) is 5.41 Å². The van der Waals surface area contributed by atoms with Crippen LogP contribution >= 0.6 is 0 Å². The Balaban J connectivity index is 2.07. The van der Waals surface area contributed by atoms with Crippen LogP contribution in [0.4, 0.5) is 19.3 Å². The zero-order chi connectivity index (χ0) is 18.7. The topological polar surface area (TPSA) is 60.9 Å². The number of carboxylic acid groups (broad SMARTS) is 1. The number of nitrogens with zero attached hydrogens (tertiary/aromatic N) is 2. The van der Waals surface area contributed by atoms with Gasteiger partial charge in [-0.25, -0.2) is 13.6 Å². The van der Waals surface area contributed by atoms with Crippen LogP contribution in [0.3, 0.4) is 0 Å². The monoisotopic (exact) mass is 352 g/mol. The summed E-state index contributed by atoms with van der Waals surface area (Å²) in [6.07, 6.45) is -0.361. The summed E-state index contributed by atoms with van der Waals surface area (Å²) in [5, 5.41) is 9.41. The molecule has 5 nitrogen and oxygen atoms in total. The van der Waals surface area contributed by atoms with Gasteiger partial charge in [0.1, 0.15) is 11.6 Å². The molecule has 1 aromatic rings. The number of amides is 1. The highest BCUT2D eigenvalue weighted by Gasteiger charge is 2.61. The SMILES string of the molecule is CC(=O)c1c(F)cc(N2C[C@@H]3CC2(C(C)(C)C)CN3C(=O)O)cc1F. The van der Waals surface area contributed by atoms with Crippen LogP contribution in [0.5, 0.6) is 0 Å². The molecule has 0 saturated carbocycles. The van der Waals surface area contributed by atoms with Gasteiger partial charge < -0.3 is 14.9 Å². The first-order valence-corrected chi connectivity index (χ1v) is 8.25. The zero-order valence-electron chi connectivity index (χ0n) is 14.8. The maximum Gasteiger partial charge on any atom is 0.407 e. The van der Waals surface area contributed by atoms with Gasteiger partial charge in [0.2, 0.25) is 0 Å². The first-order chi connectivity index (χ1) is 11.5. The Labute approximate surface area is 145 Å². The van der Waals surface area contributed by atoms with Crippen molar-refractivity contribution in [2.75, 3.05) is 18.0 Å². The number of hydrogen-bond acceptors (Lipinski definition) is 3. The Morgan fingerprint density at radius 2 is 1.80 bits per heavy atom. The number of carbonyl (C=O) groups excluding carboxylic acids is 1. The summed E-state index contributed by atoms with van der Waals surface area (Å²) in [6.45, 7) is 7.80. The number of Topliss-reactive ketones (excluding diaryl/α,β-unsaturated/α-hetero) is 1. The van der Waals surface area contributed by atoms with Crippen molar-refractivity contribution in [3.05, 3.63) is 29.3 Å². The van der Waals surface area contributed by atoms with E-state index in [-0.39, 0.29) is 18.0 Å². The molecule has 2 aliphatic rings. The van der Waals surface area contributed by atoms with Gasteiger partial charge >= 0.3 is 6.09 Å². The quantitative estimate of drug-likeness (QED) is 0.827. The third-order valence-electron chi connectivity index (χ3n) is 5.69. The Hall–Kier alpha value is -2.18. The van der Waals surface area contributed by atoms with Gasteiger partial charge in [0.25, 0.3) is 0 Å². The molecular formula is C18H22F2N2O3. The number of halogens is 2. The minimum atomic E-state index is -0.972. The molecule has 2 bridgehead atoms. The highest BCUT2D eigenvalue weighted by atomic mass is 19.1. The van der Waals surface area contributed by atoms with E-state index in [0.29, 0.717) is 18.7 Å². The van der Waals surface area contributed by atoms with E-state index < -0.39 is 34.6 Å².